The Labute approximate surface area is 170 Å². The molecule has 11 heteroatoms. The second-order valence-electron chi connectivity index (χ2n) is 6.83. The molecule has 1 aromatic heterocycles. The van der Waals surface area contributed by atoms with Crippen molar-refractivity contribution >= 4 is 5.91 Å². The predicted octanol–water partition coefficient (Wildman–Crippen LogP) is -2.10. The van der Waals surface area contributed by atoms with Crippen LogP contribution in [-0.4, -0.2) is 80.7 Å². The molecule has 1 aliphatic rings. The van der Waals surface area contributed by atoms with Crippen molar-refractivity contribution in [2.45, 2.75) is 37.1 Å². The van der Waals surface area contributed by atoms with Crippen molar-refractivity contribution in [1.29, 1.82) is 0 Å². The number of aliphatic hydroxyl groups is 4. The third-order valence-electron chi connectivity index (χ3n) is 4.75. The molecular weight excluding hydrogens is 398 g/mol. The number of amides is 1. The number of nitrogens with zero attached hydrogens (tertiary/aromatic N) is 1. The number of hydrogen-bond acceptors (Lipinski definition) is 9. The standard InChI is InChI=1S/C19H23N3O8/c1-29-10-4-2-9(3-5-10)6-13-20-11(7-14(24)21-13)18(27)22-15-17(26)16(25)12(8-23)30-19(15)28/h2-5,7,12,15-17,19,23,25-26,28H,6,8H2,1H3,(H,22,27)(H,20,21,24)/t12-,15?,16?,17-,19?/m1/s1. The van der Waals surface area contributed by atoms with Crippen molar-refractivity contribution in [3.8, 4) is 5.75 Å². The Kier molecular flexibility index (Phi) is 6.80. The van der Waals surface area contributed by atoms with E-state index in [0.29, 0.717) is 5.75 Å². The predicted molar refractivity (Wildman–Crippen MR) is 102 cm³/mol. The van der Waals surface area contributed by atoms with Gasteiger partial charge in [-0.1, -0.05) is 12.1 Å². The minimum atomic E-state index is -1.68. The van der Waals surface area contributed by atoms with Crippen LogP contribution in [0.25, 0.3) is 0 Å². The number of ether oxygens (including phenoxy) is 2. The van der Waals surface area contributed by atoms with Gasteiger partial charge >= 0.3 is 0 Å². The highest BCUT2D eigenvalue weighted by atomic mass is 16.6. The molecule has 1 aromatic carbocycles. The maximum absolute atomic E-state index is 12.6. The van der Waals surface area contributed by atoms with E-state index in [1.54, 1.807) is 31.4 Å². The van der Waals surface area contributed by atoms with Crippen LogP contribution in [0.1, 0.15) is 21.9 Å². The van der Waals surface area contributed by atoms with E-state index in [2.05, 4.69) is 15.3 Å². The average Bonchev–Trinajstić information content (AvgIpc) is 2.73. The number of benzene rings is 1. The number of aromatic amines is 1. The van der Waals surface area contributed by atoms with Gasteiger partial charge in [0.25, 0.3) is 11.5 Å². The van der Waals surface area contributed by atoms with Crippen molar-refractivity contribution < 1.29 is 34.7 Å². The van der Waals surface area contributed by atoms with Gasteiger partial charge in [0, 0.05) is 12.5 Å². The molecule has 30 heavy (non-hydrogen) atoms. The summed E-state index contributed by atoms with van der Waals surface area (Å²) >= 11 is 0. The third-order valence-corrected chi connectivity index (χ3v) is 4.75. The van der Waals surface area contributed by atoms with Gasteiger partial charge in [-0.15, -0.1) is 0 Å². The van der Waals surface area contributed by atoms with Crippen molar-refractivity contribution in [2.24, 2.45) is 0 Å². The van der Waals surface area contributed by atoms with Gasteiger partial charge in [0.15, 0.2) is 6.29 Å². The number of methoxy groups -OCH3 is 1. The number of hydrogen-bond donors (Lipinski definition) is 6. The summed E-state index contributed by atoms with van der Waals surface area (Å²) in [7, 11) is 1.55. The van der Waals surface area contributed by atoms with Crippen molar-refractivity contribution in [1.82, 2.24) is 15.3 Å². The zero-order valence-corrected chi connectivity index (χ0v) is 16.1. The molecule has 3 unspecified atom stereocenters. The van der Waals surface area contributed by atoms with Gasteiger partial charge < -0.3 is 40.2 Å². The van der Waals surface area contributed by atoms with E-state index in [1.807, 2.05) is 0 Å². The van der Waals surface area contributed by atoms with E-state index in [1.165, 1.54) is 0 Å². The minimum absolute atomic E-state index is 0.235. The normalized spacial score (nSPS) is 26.2. The van der Waals surface area contributed by atoms with Gasteiger partial charge in [-0.3, -0.25) is 9.59 Å². The summed E-state index contributed by atoms with van der Waals surface area (Å²) in [5.74, 6) is 0.0587. The highest BCUT2D eigenvalue weighted by Gasteiger charge is 2.44. The van der Waals surface area contributed by atoms with Crippen LogP contribution in [0.15, 0.2) is 35.1 Å². The summed E-state index contributed by atoms with van der Waals surface area (Å²) in [6, 6.07) is 6.67. The zero-order valence-electron chi connectivity index (χ0n) is 16.1. The van der Waals surface area contributed by atoms with E-state index in [4.69, 9.17) is 14.6 Å². The summed E-state index contributed by atoms with van der Waals surface area (Å²) in [4.78, 5) is 31.2. The first kappa shape index (κ1) is 21.9. The Hall–Kier alpha value is -2.83. The van der Waals surface area contributed by atoms with Gasteiger partial charge in [0.2, 0.25) is 0 Å². The van der Waals surface area contributed by atoms with E-state index < -0.39 is 48.7 Å². The summed E-state index contributed by atoms with van der Waals surface area (Å²) in [6.07, 6.45) is -5.76. The summed E-state index contributed by atoms with van der Waals surface area (Å²) in [5.41, 5.74) is 0.0293. The van der Waals surface area contributed by atoms with E-state index >= 15 is 0 Å². The first-order chi connectivity index (χ1) is 14.3. The van der Waals surface area contributed by atoms with Crippen molar-refractivity contribution in [3.63, 3.8) is 0 Å². The number of carbonyl (C=O) groups is 1. The molecule has 0 aliphatic carbocycles. The number of aromatic nitrogens is 2. The first-order valence-corrected chi connectivity index (χ1v) is 9.17. The summed E-state index contributed by atoms with van der Waals surface area (Å²) in [5, 5.41) is 41.5. The fourth-order valence-electron chi connectivity index (χ4n) is 3.12. The largest absolute Gasteiger partial charge is 0.497 e. The molecule has 1 aliphatic heterocycles. The van der Waals surface area contributed by atoms with Crippen LogP contribution in [0.2, 0.25) is 0 Å². The van der Waals surface area contributed by atoms with Crippen LogP contribution < -0.4 is 15.6 Å². The molecule has 0 spiro atoms. The Morgan fingerprint density at radius 1 is 1.23 bits per heavy atom. The van der Waals surface area contributed by atoms with Gasteiger partial charge in [0.05, 0.1) is 13.7 Å². The Morgan fingerprint density at radius 2 is 1.93 bits per heavy atom. The number of nitrogens with one attached hydrogen (secondary N) is 2. The molecule has 1 amide bonds. The molecule has 0 radical (unpaired) electrons. The SMILES string of the molecule is COc1ccc(Cc2nc(C(=O)NC3C(O)O[C@H](CO)C(O)[C@@H]3O)cc(=O)[nH]2)cc1. The molecule has 0 saturated carbocycles. The van der Waals surface area contributed by atoms with Crippen LogP contribution in [-0.2, 0) is 11.2 Å². The summed E-state index contributed by atoms with van der Waals surface area (Å²) in [6.45, 7) is -0.625. The molecule has 0 bridgehead atoms. The van der Waals surface area contributed by atoms with E-state index in [9.17, 15) is 24.9 Å². The molecular formula is C19H23N3O8. The van der Waals surface area contributed by atoms with E-state index in [0.717, 1.165) is 11.6 Å². The maximum Gasteiger partial charge on any atom is 0.270 e. The molecule has 6 N–H and O–H groups in total. The highest BCUT2D eigenvalue weighted by molar-refractivity contribution is 5.92. The Bertz CT molecular complexity index is 932. The fraction of sp³-hybridized carbons (Fsp3) is 0.421. The Balaban J connectivity index is 1.75. The lowest BCUT2D eigenvalue weighted by Crippen LogP contribution is -2.64. The van der Waals surface area contributed by atoms with Crippen LogP contribution in [0.3, 0.4) is 0 Å². The van der Waals surface area contributed by atoms with Crippen LogP contribution in [0, 0.1) is 0 Å². The number of H-pyrrole nitrogens is 1. The molecule has 1 saturated heterocycles. The van der Waals surface area contributed by atoms with Crippen molar-refractivity contribution in [2.75, 3.05) is 13.7 Å². The quantitative estimate of drug-likeness (QED) is 0.305. The molecule has 1 fully saturated rings. The van der Waals surface area contributed by atoms with Gasteiger partial charge in [-0.2, -0.15) is 0 Å². The summed E-state index contributed by atoms with van der Waals surface area (Å²) < 4.78 is 10.1. The van der Waals surface area contributed by atoms with Gasteiger partial charge in [0.1, 0.15) is 41.6 Å². The number of carbonyl (C=O) groups excluding carboxylic acids is 1. The fourth-order valence-corrected chi connectivity index (χ4v) is 3.12. The zero-order chi connectivity index (χ0) is 21.8. The molecule has 2 aromatic rings. The monoisotopic (exact) mass is 421 g/mol. The van der Waals surface area contributed by atoms with Gasteiger partial charge in [-0.25, -0.2) is 4.98 Å². The molecule has 5 atom stereocenters. The smallest absolute Gasteiger partial charge is 0.270 e. The third kappa shape index (κ3) is 4.83. The molecule has 11 nitrogen and oxygen atoms in total. The topological polar surface area (TPSA) is 174 Å². The molecule has 2 heterocycles. The highest BCUT2D eigenvalue weighted by Crippen LogP contribution is 2.20. The Morgan fingerprint density at radius 3 is 2.57 bits per heavy atom. The second-order valence-corrected chi connectivity index (χ2v) is 6.83. The number of rotatable bonds is 6. The lowest BCUT2D eigenvalue weighted by Gasteiger charge is -2.40. The van der Waals surface area contributed by atoms with Crippen molar-refractivity contribution in [3.05, 3.63) is 57.8 Å². The van der Waals surface area contributed by atoms with Crippen LogP contribution in [0.5, 0.6) is 5.75 Å². The van der Waals surface area contributed by atoms with Gasteiger partial charge in [-0.05, 0) is 17.7 Å². The number of aliphatic hydroxyl groups excluding tert-OH is 4. The average molecular weight is 421 g/mol. The van der Waals surface area contributed by atoms with E-state index in [-0.39, 0.29) is 17.9 Å². The molecule has 162 valence electrons. The molecule has 3 rings (SSSR count). The lowest BCUT2D eigenvalue weighted by molar-refractivity contribution is -0.252. The van der Waals surface area contributed by atoms with Crippen LogP contribution >= 0.6 is 0 Å². The second kappa shape index (κ2) is 9.32. The lowest BCUT2D eigenvalue weighted by atomic mass is 9.97. The van der Waals surface area contributed by atoms with Crippen LogP contribution in [0.4, 0.5) is 0 Å². The first-order valence-electron chi connectivity index (χ1n) is 9.17. The maximum atomic E-state index is 12.6. The minimum Gasteiger partial charge on any atom is -0.497 e.